The molecule has 17 heavy (non-hydrogen) atoms. The van der Waals surface area contributed by atoms with E-state index in [1.807, 2.05) is 18.2 Å². The lowest BCUT2D eigenvalue weighted by Gasteiger charge is -2.03. The Labute approximate surface area is 99.3 Å². The number of halogens is 1. The molecule has 0 unspecified atom stereocenters. The molecule has 80 valence electrons. The van der Waals surface area contributed by atoms with E-state index in [1.165, 1.54) is 17.5 Å². The molecule has 0 N–H and O–H groups in total. The fourth-order valence-electron chi connectivity index (χ4n) is 1.88. The first-order valence-electron chi connectivity index (χ1n) is 5.41. The molecule has 0 aliphatic carbocycles. The summed E-state index contributed by atoms with van der Waals surface area (Å²) in [5, 5.41) is 2.36. The van der Waals surface area contributed by atoms with Crippen LogP contribution in [-0.4, -0.2) is 0 Å². The van der Waals surface area contributed by atoms with Crippen LogP contribution in [0.15, 0.2) is 54.6 Å². The van der Waals surface area contributed by atoms with Crippen LogP contribution in [0.2, 0.25) is 0 Å². The Morgan fingerprint density at radius 3 is 2.29 bits per heavy atom. The second-order valence-electron chi connectivity index (χ2n) is 3.90. The van der Waals surface area contributed by atoms with Gasteiger partial charge < -0.3 is 0 Å². The van der Waals surface area contributed by atoms with E-state index >= 15 is 0 Å². The fraction of sp³-hybridized carbons (Fsp3) is 0. The van der Waals surface area contributed by atoms with Crippen molar-refractivity contribution in [2.45, 2.75) is 0 Å². The molecule has 0 bridgehead atoms. The van der Waals surface area contributed by atoms with Gasteiger partial charge in [-0.2, -0.15) is 0 Å². The lowest BCUT2D eigenvalue weighted by Crippen LogP contribution is -1.81. The molecule has 2 radical (unpaired) electrons. The van der Waals surface area contributed by atoms with Gasteiger partial charge in [-0.1, -0.05) is 36.4 Å². The molecule has 0 fully saturated rings. The Morgan fingerprint density at radius 1 is 0.824 bits per heavy atom. The fourth-order valence-corrected chi connectivity index (χ4v) is 1.88. The minimum absolute atomic E-state index is 0.311. The van der Waals surface area contributed by atoms with Crippen LogP contribution in [-0.2, 0) is 0 Å². The second kappa shape index (κ2) is 4.02. The third-order valence-electron chi connectivity index (χ3n) is 2.75. The Morgan fingerprint density at radius 2 is 1.53 bits per heavy atom. The summed E-state index contributed by atoms with van der Waals surface area (Å²) in [7, 11) is 0. The molecule has 0 aliphatic heterocycles. The molecule has 0 spiro atoms. The van der Waals surface area contributed by atoms with Crippen molar-refractivity contribution < 1.29 is 4.39 Å². The molecule has 0 amide bonds. The van der Waals surface area contributed by atoms with Gasteiger partial charge in [0.2, 0.25) is 0 Å². The summed E-state index contributed by atoms with van der Waals surface area (Å²) >= 11 is 0. The van der Waals surface area contributed by atoms with Gasteiger partial charge in [0.05, 0.1) is 0 Å². The zero-order valence-electron chi connectivity index (χ0n) is 9.07. The highest BCUT2D eigenvalue weighted by Gasteiger charge is 2.00. The third kappa shape index (κ3) is 1.92. The van der Waals surface area contributed by atoms with E-state index in [0.717, 1.165) is 16.5 Å². The van der Waals surface area contributed by atoms with Crippen LogP contribution >= 0.6 is 0 Å². The molecule has 0 nitrogen and oxygen atoms in total. The van der Waals surface area contributed by atoms with Crippen molar-refractivity contribution in [3.8, 4) is 11.1 Å². The van der Waals surface area contributed by atoms with Crippen LogP contribution in [0.25, 0.3) is 21.9 Å². The van der Waals surface area contributed by atoms with E-state index in [-0.39, 0.29) is 5.82 Å². The monoisotopic (exact) mass is 220 g/mol. The highest BCUT2D eigenvalue weighted by molar-refractivity contribution is 5.87. The SMILES string of the molecule is Fc1c[c]c(-c2ccc3ccccc3c2)[c]c1. The van der Waals surface area contributed by atoms with Crippen LogP contribution in [0.5, 0.6) is 0 Å². The van der Waals surface area contributed by atoms with Gasteiger partial charge in [-0.05, 0) is 52.2 Å². The number of hydrogen-bond donors (Lipinski definition) is 0. The summed E-state index contributed by atoms with van der Waals surface area (Å²) in [6, 6.07) is 22.7. The average Bonchev–Trinajstić information content (AvgIpc) is 2.39. The maximum absolute atomic E-state index is 12.8. The molecule has 0 saturated heterocycles. The summed E-state index contributed by atoms with van der Waals surface area (Å²) in [6.07, 6.45) is 0. The smallest absolute Gasteiger partial charge is 0.124 e. The van der Waals surface area contributed by atoms with Crippen molar-refractivity contribution in [1.29, 1.82) is 0 Å². The lowest BCUT2D eigenvalue weighted by atomic mass is 10.0. The Bertz CT molecular complexity index is 654. The molecule has 0 aromatic heterocycles. The first-order chi connectivity index (χ1) is 8.33. The quantitative estimate of drug-likeness (QED) is 0.575. The third-order valence-corrected chi connectivity index (χ3v) is 2.75. The number of hydrogen-bond acceptors (Lipinski definition) is 0. The first kappa shape index (κ1) is 10.0. The van der Waals surface area contributed by atoms with Crippen LogP contribution in [0.1, 0.15) is 0 Å². The van der Waals surface area contributed by atoms with Gasteiger partial charge in [0.25, 0.3) is 0 Å². The van der Waals surface area contributed by atoms with Crippen LogP contribution in [0.4, 0.5) is 4.39 Å². The summed E-state index contributed by atoms with van der Waals surface area (Å²) < 4.78 is 12.8. The molecule has 0 atom stereocenters. The average molecular weight is 220 g/mol. The molecule has 3 rings (SSSR count). The summed E-state index contributed by atoms with van der Waals surface area (Å²) in [5.74, 6) is -0.311. The van der Waals surface area contributed by atoms with Crippen molar-refractivity contribution >= 4 is 10.8 Å². The van der Waals surface area contributed by atoms with E-state index in [1.54, 1.807) is 0 Å². The van der Waals surface area contributed by atoms with Crippen molar-refractivity contribution in [3.63, 3.8) is 0 Å². The van der Waals surface area contributed by atoms with Crippen molar-refractivity contribution in [2.75, 3.05) is 0 Å². The van der Waals surface area contributed by atoms with Gasteiger partial charge in [0, 0.05) is 0 Å². The molecule has 0 saturated carbocycles. The number of fused-ring (bicyclic) bond motifs is 1. The van der Waals surface area contributed by atoms with E-state index in [4.69, 9.17) is 0 Å². The number of benzene rings is 3. The topological polar surface area (TPSA) is 0 Å². The molecule has 0 aliphatic rings. The predicted molar refractivity (Wildman–Crippen MR) is 67.0 cm³/mol. The van der Waals surface area contributed by atoms with Gasteiger partial charge in [0.1, 0.15) is 5.82 Å². The minimum atomic E-state index is -0.311. The Kier molecular flexibility index (Phi) is 2.37. The largest absolute Gasteiger partial charge is 0.207 e. The van der Waals surface area contributed by atoms with E-state index in [9.17, 15) is 4.39 Å². The molecule has 3 aromatic rings. The zero-order valence-corrected chi connectivity index (χ0v) is 9.07. The lowest BCUT2D eigenvalue weighted by molar-refractivity contribution is 0.627. The zero-order chi connectivity index (χ0) is 11.7. The van der Waals surface area contributed by atoms with Gasteiger partial charge >= 0.3 is 0 Å². The number of rotatable bonds is 1. The maximum Gasteiger partial charge on any atom is 0.124 e. The standard InChI is InChI=1S/C16H9F/c17-16-9-7-13(8-10-16)15-6-5-12-3-1-2-4-14(12)11-15/h1-6,9-11H. The van der Waals surface area contributed by atoms with E-state index in [0.29, 0.717) is 0 Å². The molecular weight excluding hydrogens is 211 g/mol. The molecule has 1 heteroatoms. The highest BCUT2D eigenvalue weighted by Crippen LogP contribution is 2.23. The minimum Gasteiger partial charge on any atom is -0.207 e. The van der Waals surface area contributed by atoms with E-state index in [2.05, 4.69) is 36.4 Å². The molecule has 0 heterocycles. The van der Waals surface area contributed by atoms with Crippen LogP contribution < -0.4 is 0 Å². The van der Waals surface area contributed by atoms with Crippen molar-refractivity contribution in [1.82, 2.24) is 0 Å². The first-order valence-corrected chi connectivity index (χ1v) is 5.41. The van der Waals surface area contributed by atoms with Crippen LogP contribution in [0.3, 0.4) is 0 Å². The van der Waals surface area contributed by atoms with Crippen molar-refractivity contribution in [3.05, 3.63) is 72.5 Å². The van der Waals surface area contributed by atoms with Crippen LogP contribution in [0, 0.1) is 17.9 Å². The normalized spacial score (nSPS) is 10.6. The second-order valence-corrected chi connectivity index (χ2v) is 3.90. The van der Waals surface area contributed by atoms with Gasteiger partial charge in [0.15, 0.2) is 0 Å². The molecular formula is C16H9F. The van der Waals surface area contributed by atoms with Gasteiger partial charge in [-0.25, -0.2) is 4.39 Å². The maximum atomic E-state index is 12.8. The summed E-state index contributed by atoms with van der Waals surface area (Å²) in [5.41, 5.74) is 1.79. The van der Waals surface area contributed by atoms with Crippen molar-refractivity contribution in [2.24, 2.45) is 0 Å². The van der Waals surface area contributed by atoms with Gasteiger partial charge in [-0.15, -0.1) is 0 Å². The Balaban J connectivity index is 2.14. The summed E-state index contributed by atoms with van der Waals surface area (Å²) in [6.45, 7) is 0. The summed E-state index contributed by atoms with van der Waals surface area (Å²) in [4.78, 5) is 0. The van der Waals surface area contributed by atoms with Gasteiger partial charge in [-0.3, -0.25) is 0 Å². The van der Waals surface area contributed by atoms with E-state index < -0.39 is 0 Å². The molecule has 3 aromatic carbocycles. The predicted octanol–water partition coefficient (Wildman–Crippen LogP) is 4.25. The highest BCUT2D eigenvalue weighted by atomic mass is 19.1. The Hall–Kier alpha value is -2.15.